The first kappa shape index (κ1) is 26.5. The summed E-state index contributed by atoms with van der Waals surface area (Å²) >= 11 is 4.85. The molecule has 32 heavy (non-hydrogen) atoms. The zero-order valence-corrected chi connectivity index (χ0v) is 19.9. The topological polar surface area (TPSA) is 128 Å². The molecule has 0 aromatic rings. The number of nitrogens with zero attached hydrogens (tertiary/aromatic N) is 1. The van der Waals surface area contributed by atoms with Gasteiger partial charge < -0.3 is 21.1 Å². The first-order valence-corrected chi connectivity index (χ1v) is 12.2. The fourth-order valence-corrected chi connectivity index (χ4v) is 4.87. The van der Waals surface area contributed by atoms with Gasteiger partial charge in [0.2, 0.25) is 0 Å². The summed E-state index contributed by atoms with van der Waals surface area (Å²) in [5.41, 5.74) is 8.94. The molecule has 0 radical (unpaired) electrons. The molecule has 2 saturated carbocycles. The van der Waals surface area contributed by atoms with Crippen LogP contribution in [0.5, 0.6) is 0 Å². The maximum atomic E-state index is 10.9. The van der Waals surface area contributed by atoms with Crippen LogP contribution in [0.15, 0.2) is 29.4 Å². The molecule has 0 heterocycles. The predicted molar refractivity (Wildman–Crippen MR) is 131 cm³/mol. The monoisotopic (exact) mass is 465 g/mol. The Morgan fingerprint density at radius 3 is 2.72 bits per heavy atom. The number of carboxylic acid groups (broad SMARTS) is 1. The van der Waals surface area contributed by atoms with Crippen molar-refractivity contribution in [2.45, 2.75) is 89.8 Å². The van der Waals surface area contributed by atoms with E-state index < -0.39 is 18.2 Å². The lowest BCUT2D eigenvalue weighted by atomic mass is 9.62. The molecule has 2 aliphatic rings. The molecule has 1 unspecified atom stereocenters. The van der Waals surface area contributed by atoms with Crippen molar-refractivity contribution in [2.24, 2.45) is 28.1 Å². The van der Waals surface area contributed by atoms with Crippen molar-refractivity contribution in [3.8, 4) is 0 Å². The Morgan fingerprint density at radius 2 is 2.12 bits per heavy atom. The molecule has 0 aromatic carbocycles. The third kappa shape index (κ3) is 7.67. The minimum absolute atomic E-state index is 0.0141. The van der Waals surface area contributed by atoms with Crippen LogP contribution in [-0.2, 0) is 4.79 Å². The Labute approximate surface area is 196 Å². The molecule has 0 spiro atoms. The molecule has 6 N–H and O–H groups in total. The van der Waals surface area contributed by atoms with Crippen molar-refractivity contribution in [1.82, 2.24) is 5.43 Å². The van der Waals surface area contributed by atoms with Crippen LogP contribution in [-0.4, -0.2) is 44.3 Å². The first-order valence-electron chi connectivity index (χ1n) is 11.8. The number of hydrogen-bond acceptors (Lipinski definition) is 5. The zero-order chi connectivity index (χ0) is 23.6. The molecule has 0 bridgehead atoms. The van der Waals surface area contributed by atoms with Gasteiger partial charge in [0, 0.05) is 30.4 Å². The van der Waals surface area contributed by atoms with E-state index in [1.54, 1.807) is 0 Å². The number of aliphatic carboxylic acids is 1. The molecular formula is C24H39N3O4S. The van der Waals surface area contributed by atoms with Crippen LogP contribution in [0.1, 0.15) is 77.6 Å². The summed E-state index contributed by atoms with van der Waals surface area (Å²) in [7, 11) is 0. The van der Waals surface area contributed by atoms with E-state index in [0.717, 1.165) is 44.2 Å². The van der Waals surface area contributed by atoms with Crippen LogP contribution in [0.2, 0.25) is 0 Å². The number of thiocarbonyl (C=S) groups is 1. The second-order valence-corrected chi connectivity index (χ2v) is 9.62. The van der Waals surface area contributed by atoms with Crippen LogP contribution in [0.3, 0.4) is 0 Å². The number of aliphatic hydroxyl groups is 2. The molecule has 4 atom stereocenters. The number of aliphatic hydroxyl groups excluding tert-OH is 2. The molecular weight excluding hydrogens is 426 g/mol. The summed E-state index contributed by atoms with van der Waals surface area (Å²) < 4.78 is 0. The number of allylic oxidation sites excluding steroid dienone is 2. The molecule has 0 aliphatic heterocycles. The van der Waals surface area contributed by atoms with Crippen molar-refractivity contribution in [3.05, 3.63) is 24.3 Å². The highest BCUT2D eigenvalue weighted by molar-refractivity contribution is 7.80. The average Bonchev–Trinajstić information content (AvgIpc) is 3.00. The Kier molecular flexibility index (Phi) is 10.8. The summed E-state index contributed by atoms with van der Waals surface area (Å²) in [5.74, 6) is -0.995. The van der Waals surface area contributed by atoms with Crippen LogP contribution in [0, 0.1) is 17.3 Å². The van der Waals surface area contributed by atoms with Crippen LogP contribution >= 0.6 is 12.2 Å². The number of hydrogen-bond donors (Lipinski definition) is 5. The fourth-order valence-electron chi connectivity index (χ4n) is 4.83. The first-order chi connectivity index (χ1) is 15.3. The minimum atomic E-state index is -0.789. The van der Waals surface area contributed by atoms with Crippen LogP contribution in [0.4, 0.5) is 0 Å². The average molecular weight is 466 g/mol. The number of carbonyl (C=O) groups is 1. The second-order valence-electron chi connectivity index (χ2n) is 9.18. The lowest BCUT2D eigenvalue weighted by Gasteiger charge is -2.45. The minimum Gasteiger partial charge on any atom is -0.481 e. The van der Waals surface area contributed by atoms with Gasteiger partial charge in [-0.2, -0.15) is 5.10 Å². The highest BCUT2D eigenvalue weighted by atomic mass is 32.1. The van der Waals surface area contributed by atoms with Crippen molar-refractivity contribution in [3.63, 3.8) is 0 Å². The largest absolute Gasteiger partial charge is 0.481 e. The van der Waals surface area contributed by atoms with E-state index in [2.05, 4.69) is 17.5 Å². The maximum Gasteiger partial charge on any atom is 0.303 e. The van der Waals surface area contributed by atoms with E-state index in [9.17, 15) is 15.0 Å². The summed E-state index contributed by atoms with van der Waals surface area (Å²) in [5, 5.41) is 34.8. The van der Waals surface area contributed by atoms with Gasteiger partial charge in [-0.1, -0.05) is 50.5 Å². The van der Waals surface area contributed by atoms with Crippen molar-refractivity contribution in [1.29, 1.82) is 0 Å². The van der Waals surface area contributed by atoms with Crippen LogP contribution in [0.25, 0.3) is 0 Å². The second kappa shape index (κ2) is 13.1. The number of hydrazone groups is 1. The van der Waals surface area contributed by atoms with E-state index in [1.165, 1.54) is 0 Å². The number of rotatable bonds is 13. The van der Waals surface area contributed by atoms with Gasteiger partial charge in [-0.05, 0) is 56.2 Å². The predicted octanol–water partition coefficient (Wildman–Crippen LogP) is 3.65. The third-order valence-corrected chi connectivity index (χ3v) is 6.99. The molecule has 0 aromatic heterocycles. The van der Waals surface area contributed by atoms with Gasteiger partial charge in [0.15, 0.2) is 5.11 Å². The zero-order valence-electron chi connectivity index (χ0n) is 19.1. The maximum absolute atomic E-state index is 10.9. The Balaban J connectivity index is 2.08. The van der Waals surface area contributed by atoms with Crippen molar-refractivity contribution >= 4 is 29.0 Å². The summed E-state index contributed by atoms with van der Waals surface area (Å²) in [6.07, 6.45) is 15.8. The highest BCUT2D eigenvalue weighted by Gasteiger charge is 2.42. The van der Waals surface area contributed by atoms with Crippen LogP contribution < -0.4 is 11.2 Å². The van der Waals surface area contributed by atoms with Gasteiger partial charge in [-0.25, -0.2) is 0 Å². The molecule has 180 valence electrons. The molecule has 2 fully saturated rings. The van der Waals surface area contributed by atoms with E-state index in [4.69, 9.17) is 23.1 Å². The third-order valence-electron chi connectivity index (χ3n) is 6.90. The summed E-state index contributed by atoms with van der Waals surface area (Å²) in [4.78, 5) is 10.6. The van der Waals surface area contributed by atoms with Gasteiger partial charge in [-0.15, -0.1) is 0 Å². The molecule has 0 saturated heterocycles. The fraction of sp³-hybridized carbons (Fsp3) is 0.708. The van der Waals surface area contributed by atoms with Gasteiger partial charge in [0.25, 0.3) is 0 Å². The lowest BCUT2D eigenvalue weighted by molar-refractivity contribution is -0.137. The van der Waals surface area contributed by atoms with Crippen molar-refractivity contribution in [2.75, 3.05) is 0 Å². The SMILES string of the molecule is CCCCC1(C(O)/C=C/[C@H]2[C@H](O)CC(=NNC(N)=S)[C@@H]2C/C=C\CCCC(=O)O)CCC1. The highest BCUT2D eigenvalue weighted by Crippen LogP contribution is 2.48. The molecule has 0 amide bonds. The van der Waals surface area contributed by atoms with Gasteiger partial charge in [0.1, 0.15) is 0 Å². The molecule has 7 nitrogen and oxygen atoms in total. The standard InChI is InChI=1S/C24H39N3O4S/c1-2-3-13-24(14-8-15-24)21(29)12-11-18-17(9-6-4-5-7-10-22(30)31)19(16-20(18)28)26-27-23(25)32/h4,6,11-12,17-18,20-21,28-29H,2-3,5,7-10,13-16H2,1H3,(H,30,31)(H3,25,27,32)/b6-4-,12-11+,26-19?/t17-,18-,20-,21?/m1/s1. The van der Waals surface area contributed by atoms with Gasteiger partial charge in [0.05, 0.1) is 12.2 Å². The Hall–Kier alpha value is -1.77. The van der Waals surface area contributed by atoms with E-state index in [1.807, 2.05) is 24.3 Å². The van der Waals surface area contributed by atoms with Gasteiger partial charge in [-0.3, -0.25) is 10.2 Å². The normalized spacial score (nSPS) is 27.1. The lowest BCUT2D eigenvalue weighted by Crippen LogP contribution is -2.40. The molecule has 2 rings (SSSR count). The number of unbranched alkanes of at least 4 members (excludes halogenated alkanes) is 2. The summed E-state index contributed by atoms with van der Waals surface area (Å²) in [6, 6.07) is 0. The van der Waals surface area contributed by atoms with E-state index in [-0.39, 0.29) is 28.8 Å². The van der Waals surface area contributed by atoms with Gasteiger partial charge >= 0.3 is 5.97 Å². The number of nitrogens with one attached hydrogen (secondary N) is 1. The molecule has 8 heteroatoms. The summed E-state index contributed by atoms with van der Waals surface area (Å²) in [6.45, 7) is 2.17. The van der Waals surface area contributed by atoms with Crippen molar-refractivity contribution < 1.29 is 20.1 Å². The Bertz CT molecular complexity index is 718. The number of nitrogens with two attached hydrogens (primary N) is 1. The quantitative estimate of drug-likeness (QED) is 0.122. The smallest absolute Gasteiger partial charge is 0.303 e. The van der Waals surface area contributed by atoms with E-state index in [0.29, 0.717) is 25.7 Å². The molecule has 2 aliphatic carbocycles. The Morgan fingerprint density at radius 1 is 1.38 bits per heavy atom. The van der Waals surface area contributed by atoms with E-state index >= 15 is 0 Å². The number of carboxylic acids is 1.